The number of para-hydroxylation sites is 2. The summed E-state index contributed by atoms with van der Waals surface area (Å²) in [4.78, 5) is 29.0. The van der Waals surface area contributed by atoms with E-state index < -0.39 is 11.4 Å². The van der Waals surface area contributed by atoms with E-state index in [4.69, 9.17) is 0 Å². The van der Waals surface area contributed by atoms with Gasteiger partial charge in [-0.15, -0.1) is 4.79 Å². The second-order valence-electron chi connectivity index (χ2n) is 7.95. The van der Waals surface area contributed by atoms with Crippen LogP contribution < -0.4 is 16.4 Å². The third kappa shape index (κ3) is 4.21. The van der Waals surface area contributed by atoms with Crippen LogP contribution in [-0.4, -0.2) is 14.0 Å². The third-order valence-electron chi connectivity index (χ3n) is 5.65. The minimum atomic E-state index is -0.424. The van der Waals surface area contributed by atoms with Crippen LogP contribution in [0.5, 0.6) is 0 Å². The van der Waals surface area contributed by atoms with Crippen LogP contribution in [0.1, 0.15) is 11.1 Å². The Morgan fingerprint density at radius 1 is 0.559 bits per heavy atom. The zero-order valence-corrected chi connectivity index (χ0v) is 18.6. The minimum Gasteiger partial charge on any atom is -0.258 e. The topological polar surface area (TPSA) is 52.2 Å². The molecular formula is C28H24N4O2. The fourth-order valence-corrected chi connectivity index (χ4v) is 4.02. The summed E-state index contributed by atoms with van der Waals surface area (Å²) in [6.07, 6.45) is 0. The molecule has 5 aromatic rings. The molecular weight excluding hydrogens is 424 g/mol. The first-order valence-electron chi connectivity index (χ1n) is 11.1. The highest BCUT2D eigenvalue weighted by Gasteiger charge is 2.23. The standard InChI is InChI=1S/C28H24N4O2/c33-27-30(22-24-15-7-2-8-16-24)32(28(34)31(27)26-19-11-4-12-20-26)29(25-17-9-3-10-18-25)21-23-13-5-1-6-14-23/h1-20H,21-22H2. The number of anilines is 1. The molecule has 1 heterocycles. The van der Waals surface area contributed by atoms with Crippen molar-refractivity contribution in [2.75, 3.05) is 5.01 Å². The van der Waals surface area contributed by atoms with Gasteiger partial charge in [0, 0.05) is 0 Å². The predicted molar refractivity (Wildman–Crippen MR) is 134 cm³/mol. The van der Waals surface area contributed by atoms with E-state index >= 15 is 0 Å². The van der Waals surface area contributed by atoms with Crippen molar-refractivity contribution in [2.24, 2.45) is 0 Å². The second kappa shape index (κ2) is 9.50. The van der Waals surface area contributed by atoms with E-state index in [1.165, 1.54) is 14.0 Å². The van der Waals surface area contributed by atoms with Crippen molar-refractivity contribution in [3.8, 4) is 5.69 Å². The fourth-order valence-electron chi connectivity index (χ4n) is 4.02. The second-order valence-corrected chi connectivity index (χ2v) is 7.95. The highest BCUT2D eigenvalue weighted by atomic mass is 16.2. The van der Waals surface area contributed by atoms with Crippen molar-refractivity contribution in [3.05, 3.63) is 153 Å². The monoisotopic (exact) mass is 448 g/mol. The average molecular weight is 449 g/mol. The molecule has 0 unspecified atom stereocenters. The first-order valence-corrected chi connectivity index (χ1v) is 11.1. The Morgan fingerprint density at radius 2 is 1.06 bits per heavy atom. The SMILES string of the molecule is O=c1n(-c2ccccc2)c(=O)n(N(Cc2ccccc2)c2ccccc2)n1Cc1ccccc1. The lowest BCUT2D eigenvalue weighted by Gasteiger charge is -2.27. The van der Waals surface area contributed by atoms with Crippen LogP contribution in [0.4, 0.5) is 5.69 Å². The van der Waals surface area contributed by atoms with E-state index in [2.05, 4.69) is 0 Å². The van der Waals surface area contributed by atoms with Crippen molar-refractivity contribution in [3.63, 3.8) is 0 Å². The molecule has 0 fully saturated rings. The maximum atomic E-state index is 13.9. The Morgan fingerprint density at radius 3 is 1.65 bits per heavy atom. The van der Waals surface area contributed by atoms with Crippen molar-refractivity contribution >= 4 is 5.69 Å². The van der Waals surface area contributed by atoms with E-state index in [0.29, 0.717) is 12.2 Å². The largest absolute Gasteiger partial charge is 0.371 e. The molecule has 0 spiro atoms. The summed E-state index contributed by atoms with van der Waals surface area (Å²) in [5.41, 5.74) is 2.47. The fraction of sp³-hybridized carbons (Fsp3) is 0.0714. The average Bonchev–Trinajstić information content (AvgIpc) is 3.13. The van der Waals surface area contributed by atoms with Crippen molar-refractivity contribution in [1.82, 2.24) is 14.0 Å². The summed E-state index contributed by atoms with van der Waals surface area (Å²) in [7, 11) is 0. The molecule has 1 aromatic heterocycles. The third-order valence-corrected chi connectivity index (χ3v) is 5.65. The van der Waals surface area contributed by atoms with Crippen LogP contribution in [0.25, 0.3) is 5.69 Å². The summed E-state index contributed by atoms with van der Waals surface area (Å²) in [5.74, 6) is 0. The van der Waals surface area contributed by atoms with Gasteiger partial charge in [-0.1, -0.05) is 97.1 Å². The molecule has 0 amide bonds. The number of hydrogen-bond acceptors (Lipinski definition) is 3. The van der Waals surface area contributed by atoms with Crippen LogP contribution >= 0.6 is 0 Å². The van der Waals surface area contributed by atoms with Gasteiger partial charge >= 0.3 is 11.4 Å². The Hall–Kier alpha value is -4.58. The van der Waals surface area contributed by atoms with Crippen LogP contribution in [0, 0.1) is 0 Å². The number of rotatable bonds is 7. The molecule has 168 valence electrons. The smallest absolute Gasteiger partial charge is 0.258 e. The summed E-state index contributed by atoms with van der Waals surface area (Å²) < 4.78 is 2.73. The van der Waals surface area contributed by atoms with Crippen molar-refractivity contribution in [2.45, 2.75) is 13.1 Å². The molecule has 0 bridgehead atoms. The van der Waals surface area contributed by atoms with Gasteiger partial charge in [0.15, 0.2) is 0 Å². The highest BCUT2D eigenvalue weighted by molar-refractivity contribution is 5.46. The first kappa shape index (κ1) is 21.3. The van der Waals surface area contributed by atoms with Crippen LogP contribution in [0.2, 0.25) is 0 Å². The van der Waals surface area contributed by atoms with Gasteiger partial charge in [0.25, 0.3) is 0 Å². The minimum absolute atomic E-state index is 0.257. The lowest BCUT2D eigenvalue weighted by atomic mass is 10.2. The molecule has 0 aliphatic heterocycles. The summed E-state index contributed by atoms with van der Waals surface area (Å²) in [5, 5.41) is 1.85. The molecule has 0 N–H and O–H groups in total. The summed E-state index contributed by atoms with van der Waals surface area (Å²) in [6.45, 7) is 0.671. The lowest BCUT2D eigenvalue weighted by molar-refractivity contribution is 0.461. The van der Waals surface area contributed by atoms with Crippen LogP contribution in [0.3, 0.4) is 0 Å². The molecule has 6 heteroatoms. The van der Waals surface area contributed by atoms with E-state index in [1.54, 1.807) is 12.1 Å². The Bertz CT molecular complexity index is 1470. The van der Waals surface area contributed by atoms with Crippen molar-refractivity contribution < 1.29 is 0 Å². The van der Waals surface area contributed by atoms with Gasteiger partial charge in [-0.05, 0) is 35.4 Å². The Balaban J connectivity index is 1.74. The molecule has 0 atom stereocenters. The molecule has 0 radical (unpaired) electrons. The molecule has 0 aliphatic carbocycles. The van der Waals surface area contributed by atoms with Gasteiger partial charge in [-0.3, -0.25) is 5.01 Å². The Labute approximate surface area is 197 Å². The van der Waals surface area contributed by atoms with Gasteiger partial charge in [0.2, 0.25) is 0 Å². The predicted octanol–water partition coefficient (Wildman–Crippen LogP) is 4.32. The van der Waals surface area contributed by atoms with E-state index in [-0.39, 0.29) is 6.54 Å². The number of nitrogens with zero attached hydrogens (tertiary/aromatic N) is 4. The lowest BCUT2D eigenvalue weighted by Crippen LogP contribution is -2.42. The van der Waals surface area contributed by atoms with Gasteiger partial charge in [0.05, 0.1) is 24.5 Å². The zero-order chi connectivity index (χ0) is 23.3. The summed E-state index contributed by atoms with van der Waals surface area (Å²) >= 11 is 0. The molecule has 34 heavy (non-hydrogen) atoms. The van der Waals surface area contributed by atoms with Gasteiger partial charge in [0.1, 0.15) is 0 Å². The quantitative estimate of drug-likeness (QED) is 0.373. The molecule has 0 saturated heterocycles. The summed E-state index contributed by atoms with van der Waals surface area (Å²) in [6, 6.07) is 38.3. The molecule has 0 aliphatic rings. The Kier molecular flexibility index (Phi) is 5.95. The number of hydrogen-bond donors (Lipinski definition) is 0. The van der Waals surface area contributed by atoms with Crippen molar-refractivity contribution in [1.29, 1.82) is 0 Å². The van der Waals surface area contributed by atoms with E-state index in [1.807, 2.05) is 114 Å². The molecule has 6 nitrogen and oxygen atoms in total. The first-order chi connectivity index (χ1) is 16.7. The van der Waals surface area contributed by atoms with Gasteiger partial charge in [-0.25, -0.2) is 18.8 Å². The van der Waals surface area contributed by atoms with Gasteiger partial charge in [-0.2, -0.15) is 0 Å². The van der Waals surface area contributed by atoms with Crippen LogP contribution in [-0.2, 0) is 13.1 Å². The maximum absolute atomic E-state index is 13.9. The molecule has 5 rings (SSSR count). The zero-order valence-electron chi connectivity index (χ0n) is 18.6. The number of aromatic nitrogens is 3. The van der Waals surface area contributed by atoms with E-state index in [0.717, 1.165) is 16.8 Å². The highest BCUT2D eigenvalue weighted by Crippen LogP contribution is 2.18. The molecule has 0 saturated carbocycles. The maximum Gasteiger partial charge on any atom is 0.371 e. The number of benzene rings is 4. The van der Waals surface area contributed by atoms with Crippen LogP contribution in [0.15, 0.2) is 131 Å². The normalized spacial score (nSPS) is 10.8. The molecule has 4 aromatic carbocycles. The van der Waals surface area contributed by atoms with Gasteiger partial charge < -0.3 is 0 Å². The van der Waals surface area contributed by atoms with E-state index in [9.17, 15) is 9.59 Å².